The van der Waals surface area contributed by atoms with Crippen LogP contribution in [0.4, 0.5) is 0 Å². The molecule has 0 unspecified atom stereocenters. The molecule has 1 aliphatic heterocycles. The lowest BCUT2D eigenvalue weighted by atomic mass is 9.73. The Kier molecular flexibility index (Phi) is 23.2. The lowest BCUT2D eigenvalue weighted by molar-refractivity contribution is -0.144. The quantitative estimate of drug-likeness (QED) is 0.0392. The molecule has 18 nitrogen and oxygen atoms in total. The van der Waals surface area contributed by atoms with Gasteiger partial charge in [0, 0.05) is 13.0 Å². The zero-order valence-corrected chi connectivity index (χ0v) is 36.4. The van der Waals surface area contributed by atoms with Crippen molar-refractivity contribution in [3.8, 4) is 0 Å². The summed E-state index contributed by atoms with van der Waals surface area (Å²) in [4.78, 5) is 94.9. The largest absolute Gasteiger partial charge is 0.481 e. The van der Waals surface area contributed by atoms with Crippen LogP contribution < -0.4 is 38.1 Å². The first-order valence-corrected chi connectivity index (χ1v) is 22.2. The lowest BCUT2D eigenvalue weighted by Crippen LogP contribution is -2.60. The minimum atomic E-state index is -1.83. The smallest absolute Gasteiger partial charge is 0.475 e. The van der Waals surface area contributed by atoms with Crippen LogP contribution >= 0.6 is 11.8 Å². The van der Waals surface area contributed by atoms with E-state index in [4.69, 9.17) is 16.6 Å². The molecule has 7 atom stereocenters. The molecule has 6 amide bonds. The predicted octanol–water partition coefficient (Wildman–Crippen LogP) is -0.568. The second-order valence-electron chi connectivity index (χ2n) is 16.1. The van der Waals surface area contributed by atoms with Gasteiger partial charge >= 0.3 is 13.1 Å². The van der Waals surface area contributed by atoms with Gasteiger partial charge in [0.25, 0.3) is 0 Å². The van der Waals surface area contributed by atoms with Gasteiger partial charge in [0.05, 0.1) is 18.4 Å². The number of hydrogen-bond donors (Lipinski definition) is 10. The van der Waals surface area contributed by atoms with E-state index in [-0.39, 0.29) is 50.5 Å². The highest BCUT2D eigenvalue weighted by atomic mass is 32.2. The topological polar surface area (TPSA) is 296 Å². The van der Waals surface area contributed by atoms with Crippen molar-refractivity contribution in [3.05, 3.63) is 35.9 Å². The third-order valence-electron chi connectivity index (χ3n) is 10.2. The van der Waals surface area contributed by atoms with Gasteiger partial charge in [0.2, 0.25) is 35.4 Å². The number of likely N-dealkylation sites (tertiary alicyclic amines) is 1. The standard InChI is InChI=1S/C40H67BN8O10S/c1-24(2)21-30(38(55)48-34(25(3)4)41(58)59)46-35(52)28(15-9-10-18-42)44-37(54)31(22-26-13-7-6-8-14-26)47-36(53)29(16-12-20-60-5)45-39(56)32-17-11-19-49(32)40(57)27(43)23-33(50)51/h6-8,13-14,24-25,27-32,34,58-59H,9-12,15-23,42-43H2,1-5H3,(H,44,54)(H,45,56)(H,46,52)(H,47,53)(H,48,55)(H,50,51)/t27-,28-,29-,30-,31-,32-,34-/m0/s1. The second-order valence-corrected chi connectivity index (χ2v) is 17.1. The van der Waals surface area contributed by atoms with Crippen LogP contribution in [0.3, 0.4) is 0 Å². The normalized spacial score (nSPS) is 16.9. The van der Waals surface area contributed by atoms with Gasteiger partial charge in [0.1, 0.15) is 30.2 Å². The Bertz CT molecular complexity index is 1550. The van der Waals surface area contributed by atoms with Gasteiger partial charge in [-0.3, -0.25) is 33.6 Å². The average molecular weight is 863 g/mol. The number of carbonyl (C=O) groups is 7. The Balaban J connectivity index is 2.40. The van der Waals surface area contributed by atoms with Gasteiger partial charge in [-0.1, -0.05) is 58.0 Å². The minimum Gasteiger partial charge on any atom is -0.481 e. The van der Waals surface area contributed by atoms with Gasteiger partial charge in [-0.25, -0.2) is 0 Å². The molecular formula is C40H67BN8O10S. The molecule has 0 spiro atoms. The van der Waals surface area contributed by atoms with Crippen molar-refractivity contribution >= 4 is 60.3 Å². The molecule has 1 aromatic carbocycles. The number of aliphatic carboxylic acids is 1. The number of nitrogens with two attached hydrogens (primary N) is 2. The maximum Gasteiger partial charge on any atom is 0.475 e. The zero-order valence-electron chi connectivity index (χ0n) is 35.6. The Labute approximate surface area is 358 Å². The highest BCUT2D eigenvalue weighted by Crippen LogP contribution is 2.20. The summed E-state index contributed by atoms with van der Waals surface area (Å²) in [7, 11) is -1.83. The first kappa shape index (κ1) is 51.9. The summed E-state index contributed by atoms with van der Waals surface area (Å²) in [5, 5.41) is 42.6. The molecule has 20 heteroatoms. The van der Waals surface area contributed by atoms with Gasteiger partial charge in [-0.2, -0.15) is 11.8 Å². The molecule has 336 valence electrons. The minimum absolute atomic E-state index is 0.0197. The van der Waals surface area contributed by atoms with Crippen LogP contribution in [0.2, 0.25) is 0 Å². The summed E-state index contributed by atoms with van der Waals surface area (Å²) in [6.07, 6.45) is 4.14. The molecule has 60 heavy (non-hydrogen) atoms. The van der Waals surface area contributed by atoms with Crippen molar-refractivity contribution in [2.24, 2.45) is 23.3 Å². The number of hydrogen-bond acceptors (Lipinski definition) is 12. The average Bonchev–Trinajstić information content (AvgIpc) is 3.68. The third-order valence-corrected chi connectivity index (χ3v) is 10.9. The first-order valence-electron chi connectivity index (χ1n) is 20.8. The summed E-state index contributed by atoms with van der Waals surface area (Å²) in [6.45, 7) is 7.68. The van der Waals surface area contributed by atoms with Crippen molar-refractivity contribution in [2.45, 2.75) is 134 Å². The number of carboxylic acids is 1. The number of carbonyl (C=O) groups excluding carboxylic acids is 6. The van der Waals surface area contributed by atoms with Crippen molar-refractivity contribution in [1.29, 1.82) is 0 Å². The van der Waals surface area contributed by atoms with Gasteiger partial charge in [-0.15, -0.1) is 0 Å². The van der Waals surface area contributed by atoms with E-state index in [1.807, 2.05) is 20.1 Å². The summed E-state index contributed by atoms with van der Waals surface area (Å²) < 4.78 is 0. The fourth-order valence-corrected chi connectivity index (χ4v) is 7.41. The summed E-state index contributed by atoms with van der Waals surface area (Å²) >= 11 is 1.55. The van der Waals surface area contributed by atoms with Crippen LogP contribution in [0.1, 0.15) is 91.0 Å². The summed E-state index contributed by atoms with van der Waals surface area (Å²) in [5.41, 5.74) is 12.3. The first-order chi connectivity index (χ1) is 28.4. The highest BCUT2D eigenvalue weighted by molar-refractivity contribution is 7.98. The molecule has 1 aliphatic rings. The third kappa shape index (κ3) is 17.8. The Hall–Kier alpha value is -4.24. The molecule has 0 radical (unpaired) electrons. The number of thioether (sulfide) groups is 1. The van der Waals surface area contributed by atoms with Gasteiger partial charge < -0.3 is 58.1 Å². The monoisotopic (exact) mass is 862 g/mol. The highest BCUT2D eigenvalue weighted by Gasteiger charge is 2.39. The zero-order chi connectivity index (χ0) is 44.9. The summed E-state index contributed by atoms with van der Waals surface area (Å²) in [5.74, 6) is -5.89. The maximum atomic E-state index is 14.2. The molecule has 1 heterocycles. The Morgan fingerprint density at radius 2 is 1.38 bits per heavy atom. The van der Waals surface area contributed by atoms with E-state index < -0.39 is 97.1 Å². The van der Waals surface area contributed by atoms with Crippen molar-refractivity contribution in [3.63, 3.8) is 0 Å². The number of rotatable bonds is 27. The molecule has 2 rings (SSSR count). The van der Waals surface area contributed by atoms with Crippen LogP contribution in [-0.2, 0) is 40.0 Å². The van der Waals surface area contributed by atoms with E-state index in [1.54, 1.807) is 55.9 Å². The number of amides is 6. The maximum absolute atomic E-state index is 14.2. The van der Waals surface area contributed by atoms with E-state index in [9.17, 15) is 43.6 Å². The molecule has 0 bridgehead atoms. The van der Waals surface area contributed by atoms with Crippen LogP contribution in [0.25, 0.3) is 0 Å². The number of nitrogens with zero attached hydrogens (tertiary/aromatic N) is 1. The molecule has 1 saturated heterocycles. The van der Waals surface area contributed by atoms with Crippen molar-refractivity contribution in [2.75, 3.05) is 25.1 Å². The molecule has 1 aromatic rings. The molecule has 0 aromatic heterocycles. The van der Waals surface area contributed by atoms with Crippen LogP contribution in [0, 0.1) is 11.8 Å². The Morgan fingerprint density at radius 1 is 0.817 bits per heavy atom. The SMILES string of the molecule is CSCCC[C@H](NC(=O)[C@@H]1CCCN1C(=O)[C@@H](N)CC(=O)O)C(=O)N[C@@H](Cc1ccccc1)C(=O)N[C@@H](CCCCN)C(=O)N[C@@H](CC(C)C)C(=O)N[C@H](B(O)O)C(C)C. The van der Waals surface area contributed by atoms with E-state index in [0.717, 1.165) is 0 Å². The number of carboxylic acid groups (broad SMARTS) is 1. The number of benzene rings is 1. The predicted molar refractivity (Wildman–Crippen MR) is 230 cm³/mol. The van der Waals surface area contributed by atoms with E-state index in [2.05, 4.69) is 26.6 Å². The Morgan fingerprint density at radius 3 is 1.95 bits per heavy atom. The molecule has 12 N–H and O–H groups in total. The summed E-state index contributed by atoms with van der Waals surface area (Å²) in [6, 6.07) is 2.01. The van der Waals surface area contributed by atoms with Crippen molar-refractivity contribution in [1.82, 2.24) is 31.5 Å². The van der Waals surface area contributed by atoms with Crippen LogP contribution in [0.15, 0.2) is 30.3 Å². The fraction of sp³-hybridized carbons (Fsp3) is 0.675. The van der Waals surface area contributed by atoms with Gasteiger partial charge in [-0.05, 0) is 87.3 Å². The molecule has 1 fully saturated rings. The molecule has 0 saturated carbocycles. The van der Waals surface area contributed by atoms with Gasteiger partial charge in [0.15, 0.2) is 0 Å². The van der Waals surface area contributed by atoms with E-state index in [1.165, 1.54) is 4.90 Å². The lowest BCUT2D eigenvalue weighted by Gasteiger charge is -2.29. The number of nitrogens with one attached hydrogen (secondary N) is 5. The van der Waals surface area contributed by atoms with Crippen LogP contribution in [0.5, 0.6) is 0 Å². The van der Waals surface area contributed by atoms with Crippen molar-refractivity contribution < 1.29 is 48.7 Å². The molecule has 0 aliphatic carbocycles. The second kappa shape index (κ2) is 26.9. The van der Waals surface area contributed by atoms with E-state index >= 15 is 0 Å². The number of unbranched alkanes of at least 4 members (excludes halogenated alkanes) is 1. The van der Waals surface area contributed by atoms with Crippen LogP contribution in [-0.4, -0.2) is 136 Å². The fourth-order valence-electron chi connectivity index (χ4n) is 6.95. The van der Waals surface area contributed by atoms with E-state index in [0.29, 0.717) is 43.5 Å². The molecular weight excluding hydrogens is 795 g/mol.